The van der Waals surface area contributed by atoms with Crippen molar-refractivity contribution in [1.29, 1.82) is 0 Å². The number of hydrogen-bond donors (Lipinski definition) is 0. The van der Waals surface area contributed by atoms with Crippen LogP contribution < -0.4 is 15.3 Å². The summed E-state index contributed by atoms with van der Waals surface area (Å²) in [6.07, 6.45) is -0.369. The number of morpholine rings is 1. The topological polar surface area (TPSA) is 64.0 Å². The van der Waals surface area contributed by atoms with Crippen LogP contribution in [0.15, 0.2) is 77.4 Å². The van der Waals surface area contributed by atoms with Crippen LogP contribution in [0.3, 0.4) is 0 Å². The van der Waals surface area contributed by atoms with Crippen molar-refractivity contribution in [3.05, 3.63) is 110 Å². The summed E-state index contributed by atoms with van der Waals surface area (Å²) in [5.74, 6) is -2.10. The van der Waals surface area contributed by atoms with Crippen LogP contribution in [0.25, 0.3) is 0 Å². The van der Waals surface area contributed by atoms with Gasteiger partial charge in [0.1, 0.15) is 0 Å². The minimum Gasteiger partial charge on any atom is -0.403 e. The SMILES string of the molecule is Cc1ncsc1C(N=O)c1cc(CO[Si](c2ccccc2)(c2ccccc2)C(C)(C)C)c(N2C[C@@H](C)O[C@@H](C)C2)c(F)c1F. The molecule has 5 rings (SSSR count). The third kappa shape index (κ3) is 6.00. The summed E-state index contributed by atoms with van der Waals surface area (Å²) >= 11 is 1.20. The van der Waals surface area contributed by atoms with Crippen molar-refractivity contribution in [2.45, 2.75) is 71.4 Å². The molecule has 4 aromatic rings. The van der Waals surface area contributed by atoms with E-state index < -0.39 is 26.0 Å². The van der Waals surface area contributed by atoms with Gasteiger partial charge in [0.15, 0.2) is 17.7 Å². The number of aryl methyl sites for hydroxylation is 1. The van der Waals surface area contributed by atoms with Gasteiger partial charge >= 0.3 is 0 Å². The molecule has 1 fully saturated rings. The molecule has 0 amide bonds. The van der Waals surface area contributed by atoms with Crippen molar-refractivity contribution in [3.8, 4) is 0 Å². The number of aromatic nitrogens is 1. The van der Waals surface area contributed by atoms with E-state index in [1.165, 1.54) is 11.3 Å². The predicted molar refractivity (Wildman–Crippen MR) is 175 cm³/mol. The van der Waals surface area contributed by atoms with Gasteiger partial charge in [0.25, 0.3) is 8.32 Å². The number of hydrogen-bond acceptors (Lipinski definition) is 7. The molecule has 1 unspecified atom stereocenters. The standard InChI is InChI=1S/C34H39F2N3O3SSi/c1-22-18-39(19-23(2)42-22)32-25(17-28(29(35)30(32)36)31(38-40)33-24(3)37-21-43-33)20-41-44(34(4,5)6,26-13-9-7-10-14-26)27-15-11-8-12-16-27/h7-17,21-23,31H,18-20H2,1-6H3/t22-,23+,31?. The number of benzene rings is 3. The first kappa shape index (κ1) is 32.1. The first-order valence-corrected chi connectivity index (χ1v) is 17.6. The van der Waals surface area contributed by atoms with E-state index in [9.17, 15) is 4.91 Å². The van der Waals surface area contributed by atoms with Gasteiger partial charge in [-0.3, -0.25) is 0 Å². The van der Waals surface area contributed by atoms with Gasteiger partial charge in [-0.15, -0.1) is 16.2 Å². The van der Waals surface area contributed by atoms with Crippen LogP contribution in [0.1, 0.15) is 62.4 Å². The molecule has 2 heterocycles. The summed E-state index contributed by atoms with van der Waals surface area (Å²) in [4.78, 5) is 18.8. The Morgan fingerprint density at radius 2 is 1.59 bits per heavy atom. The van der Waals surface area contributed by atoms with Gasteiger partial charge in [-0.05, 0) is 42.2 Å². The predicted octanol–water partition coefficient (Wildman–Crippen LogP) is 7.28. The maximum Gasteiger partial charge on any atom is 0.261 e. The molecule has 1 saturated heterocycles. The lowest BCUT2D eigenvalue weighted by molar-refractivity contribution is -0.00553. The van der Waals surface area contributed by atoms with Crippen LogP contribution >= 0.6 is 11.3 Å². The van der Waals surface area contributed by atoms with E-state index in [0.29, 0.717) is 29.2 Å². The zero-order chi connectivity index (χ0) is 31.6. The second-order valence-corrected chi connectivity index (χ2v) is 17.7. The van der Waals surface area contributed by atoms with Crippen molar-refractivity contribution in [2.75, 3.05) is 18.0 Å². The molecule has 3 aromatic carbocycles. The first-order valence-electron chi connectivity index (χ1n) is 14.9. The molecule has 6 nitrogen and oxygen atoms in total. The van der Waals surface area contributed by atoms with Crippen molar-refractivity contribution < 1.29 is 17.9 Å². The van der Waals surface area contributed by atoms with E-state index in [1.54, 1.807) is 18.5 Å². The molecule has 0 radical (unpaired) electrons. The van der Waals surface area contributed by atoms with Gasteiger partial charge in [0, 0.05) is 24.2 Å². The molecule has 0 bridgehead atoms. The van der Waals surface area contributed by atoms with Crippen LogP contribution in [0.5, 0.6) is 0 Å². The van der Waals surface area contributed by atoms with Crippen molar-refractivity contribution in [1.82, 2.24) is 4.98 Å². The number of rotatable bonds is 9. The van der Waals surface area contributed by atoms with E-state index in [4.69, 9.17) is 9.16 Å². The molecular weight excluding hydrogens is 597 g/mol. The van der Waals surface area contributed by atoms with Crippen molar-refractivity contribution in [3.63, 3.8) is 0 Å². The number of halogens is 2. The highest BCUT2D eigenvalue weighted by molar-refractivity contribution is 7.09. The second-order valence-electron chi connectivity index (χ2n) is 12.5. The Labute approximate surface area is 263 Å². The minimum atomic E-state index is -3.03. The number of thiazole rings is 1. The highest BCUT2D eigenvalue weighted by atomic mass is 32.1. The Kier molecular flexibility index (Phi) is 9.46. The van der Waals surface area contributed by atoms with Crippen LogP contribution in [0, 0.1) is 23.5 Å². The van der Waals surface area contributed by atoms with Gasteiger partial charge in [-0.2, -0.15) is 0 Å². The fourth-order valence-corrected chi connectivity index (χ4v) is 11.8. The number of ether oxygens (including phenoxy) is 1. The molecule has 44 heavy (non-hydrogen) atoms. The Bertz CT molecular complexity index is 1550. The fraction of sp³-hybridized carbons (Fsp3) is 0.382. The first-order chi connectivity index (χ1) is 21.0. The normalized spacial score (nSPS) is 18.3. The monoisotopic (exact) mass is 635 g/mol. The minimum absolute atomic E-state index is 0.000181. The van der Waals surface area contributed by atoms with Gasteiger partial charge in [0.2, 0.25) is 0 Å². The lowest BCUT2D eigenvalue weighted by atomic mass is 9.98. The van der Waals surface area contributed by atoms with E-state index >= 15 is 8.78 Å². The largest absolute Gasteiger partial charge is 0.403 e. The molecule has 10 heteroatoms. The smallest absolute Gasteiger partial charge is 0.261 e. The molecular formula is C34H39F2N3O3SSi. The molecule has 232 valence electrons. The van der Waals surface area contributed by atoms with Gasteiger partial charge in [0.05, 0.1) is 40.6 Å². The van der Waals surface area contributed by atoms with E-state index in [2.05, 4.69) is 55.2 Å². The third-order valence-electron chi connectivity index (χ3n) is 8.32. The molecule has 0 saturated carbocycles. The van der Waals surface area contributed by atoms with E-state index in [0.717, 1.165) is 10.4 Å². The summed E-state index contributed by atoms with van der Waals surface area (Å²) in [5, 5.41) is 5.08. The maximum absolute atomic E-state index is 16.4. The quantitative estimate of drug-likeness (QED) is 0.143. The molecule has 0 aliphatic carbocycles. The Morgan fingerprint density at radius 3 is 2.07 bits per heavy atom. The Balaban J connectivity index is 1.70. The van der Waals surface area contributed by atoms with Crippen molar-refractivity contribution in [2.24, 2.45) is 5.18 Å². The molecule has 3 atom stereocenters. The second kappa shape index (κ2) is 13.0. The fourth-order valence-electron chi connectivity index (χ4n) is 6.47. The molecule has 1 aromatic heterocycles. The van der Waals surface area contributed by atoms with Crippen molar-refractivity contribution >= 4 is 35.7 Å². The zero-order valence-corrected chi connectivity index (χ0v) is 27.8. The van der Waals surface area contributed by atoms with Crippen LogP contribution in [0.2, 0.25) is 5.04 Å². The average molecular weight is 636 g/mol. The van der Waals surface area contributed by atoms with Crippen LogP contribution in [-0.4, -0.2) is 38.6 Å². The third-order valence-corrected chi connectivity index (χ3v) is 14.3. The molecule has 1 aliphatic rings. The lowest BCUT2D eigenvalue weighted by Crippen LogP contribution is -2.66. The summed E-state index contributed by atoms with van der Waals surface area (Å²) in [6, 6.07) is 20.7. The summed E-state index contributed by atoms with van der Waals surface area (Å²) < 4.78 is 45.6. The highest BCUT2D eigenvalue weighted by Gasteiger charge is 2.50. The summed E-state index contributed by atoms with van der Waals surface area (Å²) in [7, 11) is -3.03. The summed E-state index contributed by atoms with van der Waals surface area (Å²) in [6.45, 7) is 12.8. The summed E-state index contributed by atoms with van der Waals surface area (Å²) in [5.41, 5.74) is 2.61. The Hall–Kier alpha value is -3.31. The maximum atomic E-state index is 16.4. The van der Waals surface area contributed by atoms with Crippen LogP contribution in [0.4, 0.5) is 14.5 Å². The van der Waals surface area contributed by atoms with E-state index in [1.807, 2.05) is 55.1 Å². The van der Waals surface area contributed by atoms with Gasteiger partial charge < -0.3 is 14.1 Å². The van der Waals surface area contributed by atoms with E-state index in [-0.39, 0.29) is 35.1 Å². The lowest BCUT2D eigenvalue weighted by Gasteiger charge is -2.43. The molecule has 0 N–H and O–H groups in total. The number of anilines is 1. The number of nitroso groups, excluding NO2 is 1. The molecule has 1 aliphatic heterocycles. The average Bonchev–Trinajstić information content (AvgIpc) is 3.41. The van der Waals surface area contributed by atoms with Crippen LogP contribution in [-0.2, 0) is 15.8 Å². The number of nitrogens with zero attached hydrogens (tertiary/aromatic N) is 3. The Morgan fingerprint density at radius 1 is 1.02 bits per heavy atom. The highest BCUT2D eigenvalue weighted by Crippen LogP contribution is 2.41. The van der Waals surface area contributed by atoms with Gasteiger partial charge in [-0.25, -0.2) is 13.8 Å². The van der Waals surface area contributed by atoms with Gasteiger partial charge in [-0.1, -0.05) is 86.6 Å². The zero-order valence-electron chi connectivity index (χ0n) is 26.0. The molecule has 0 spiro atoms.